The summed E-state index contributed by atoms with van der Waals surface area (Å²) in [5, 5.41) is 9.55. The molecule has 3 aromatic carbocycles. The van der Waals surface area contributed by atoms with Gasteiger partial charge in [0.2, 0.25) is 0 Å². The standard InChI is InChI=1S/C20H15F2N3/c21-16-6-3-4-13(19(16)22)11-25-17-7-2-1-5-14(17)15-10-12(20(23)24)8-9-18(15)25/h1-10H,11H2,(H3,23,24). The zero-order valence-electron chi connectivity index (χ0n) is 13.3. The molecule has 0 radical (unpaired) electrons. The maximum atomic E-state index is 14.1. The van der Waals surface area contributed by atoms with Gasteiger partial charge in [0.1, 0.15) is 5.84 Å². The number of rotatable bonds is 3. The third-order valence-corrected chi connectivity index (χ3v) is 4.44. The molecule has 0 fully saturated rings. The predicted molar refractivity (Wildman–Crippen MR) is 95.9 cm³/mol. The zero-order chi connectivity index (χ0) is 17.6. The Bertz CT molecular complexity index is 1130. The molecule has 3 nitrogen and oxygen atoms in total. The average Bonchev–Trinajstić information content (AvgIpc) is 2.92. The highest BCUT2D eigenvalue weighted by Gasteiger charge is 2.14. The Morgan fingerprint density at radius 3 is 2.48 bits per heavy atom. The van der Waals surface area contributed by atoms with Gasteiger partial charge in [-0.25, -0.2) is 8.78 Å². The number of benzene rings is 3. The number of hydrogen-bond donors (Lipinski definition) is 2. The molecular formula is C20H15F2N3. The third-order valence-electron chi connectivity index (χ3n) is 4.44. The molecule has 0 saturated heterocycles. The van der Waals surface area contributed by atoms with Gasteiger partial charge >= 0.3 is 0 Å². The van der Waals surface area contributed by atoms with Gasteiger partial charge in [0, 0.05) is 32.9 Å². The molecule has 25 heavy (non-hydrogen) atoms. The SMILES string of the molecule is N=C(N)c1ccc2c(c1)c1ccccc1n2Cc1cccc(F)c1F. The summed E-state index contributed by atoms with van der Waals surface area (Å²) in [5.41, 5.74) is 8.33. The molecule has 4 aromatic rings. The number of aromatic nitrogens is 1. The van der Waals surface area contributed by atoms with Crippen LogP contribution in [0.3, 0.4) is 0 Å². The zero-order valence-corrected chi connectivity index (χ0v) is 13.3. The largest absolute Gasteiger partial charge is 0.384 e. The molecule has 1 aromatic heterocycles. The van der Waals surface area contributed by atoms with Crippen LogP contribution in [0.25, 0.3) is 21.8 Å². The van der Waals surface area contributed by atoms with Crippen molar-refractivity contribution in [1.82, 2.24) is 4.57 Å². The van der Waals surface area contributed by atoms with Gasteiger partial charge in [-0.2, -0.15) is 0 Å². The van der Waals surface area contributed by atoms with Gasteiger partial charge in [-0.3, -0.25) is 5.41 Å². The van der Waals surface area contributed by atoms with Crippen molar-refractivity contribution >= 4 is 27.6 Å². The van der Waals surface area contributed by atoms with Crippen LogP contribution in [-0.2, 0) is 6.54 Å². The van der Waals surface area contributed by atoms with Crippen molar-refractivity contribution in [2.24, 2.45) is 5.73 Å². The van der Waals surface area contributed by atoms with Gasteiger partial charge in [-0.05, 0) is 30.3 Å². The van der Waals surface area contributed by atoms with Crippen LogP contribution in [0.1, 0.15) is 11.1 Å². The van der Waals surface area contributed by atoms with E-state index in [9.17, 15) is 8.78 Å². The van der Waals surface area contributed by atoms with E-state index >= 15 is 0 Å². The number of nitrogens with zero attached hydrogens (tertiary/aromatic N) is 1. The Morgan fingerprint density at radius 2 is 1.68 bits per heavy atom. The van der Waals surface area contributed by atoms with Gasteiger partial charge in [0.25, 0.3) is 0 Å². The van der Waals surface area contributed by atoms with Gasteiger partial charge < -0.3 is 10.3 Å². The number of nitrogen functional groups attached to an aromatic ring is 1. The summed E-state index contributed by atoms with van der Waals surface area (Å²) >= 11 is 0. The van der Waals surface area contributed by atoms with Crippen LogP contribution in [0.15, 0.2) is 60.7 Å². The van der Waals surface area contributed by atoms with Crippen LogP contribution in [0.5, 0.6) is 0 Å². The Morgan fingerprint density at radius 1 is 0.920 bits per heavy atom. The van der Waals surface area contributed by atoms with Crippen molar-refractivity contribution < 1.29 is 8.78 Å². The summed E-state index contributed by atoms with van der Waals surface area (Å²) in [6, 6.07) is 17.5. The molecule has 0 atom stereocenters. The molecule has 3 N–H and O–H groups in total. The number of nitrogens with one attached hydrogen (secondary N) is 1. The topological polar surface area (TPSA) is 54.8 Å². The molecule has 0 saturated carbocycles. The first-order valence-corrected chi connectivity index (χ1v) is 7.84. The van der Waals surface area contributed by atoms with Crippen LogP contribution in [0.2, 0.25) is 0 Å². The van der Waals surface area contributed by atoms with E-state index in [0.29, 0.717) is 11.1 Å². The van der Waals surface area contributed by atoms with E-state index in [2.05, 4.69) is 0 Å². The lowest BCUT2D eigenvalue weighted by Crippen LogP contribution is -2.10. The normalized spacial score (nSPS) is 11.3. The molecule has 0 amide bonds. The first-order valence-electron chi connectivity index (χ1n) is 7.84. The molecule has 0 aliphatic carbocycles. The second-order valence-corrected chi connectivity index (χ2v) is 5.96. The molecule has 124 valence electrons. The minimum absolute atomic E-state index is 0.00472. The van der Waals surface area contributed by atoms with Gasteiger partial charge in [-0.1, -0.05) is 30.3 Å². The highest BCUT2D eigenvalue weighted by Crippen LogP contribution is 2.31. The fourth-order valence-corrected chi connectivity index (χ4v) is 3.23. The van der Waals surface area contributed by atoms with Crippen molar-refractivity contribution in [1.29, 1.82) is 5.41 Å². The van der Waals surface area contributed by atoms with Crippen LogP contribution in [0, 0.1) is 17.0 Å². The van der Waals surface area contributed by atoms with Crippen molar-refractivity contribution in [3.63, 3.8) is 0 Å². The van der Waals surface area contributed by atoms with Gasteiger partial charge in [-0.15, -0.1) is 0 Å². The van der Waals surface area contributed by atoms with E-state index in [4.69, 9.17) is 11.1 Å². The van der Waals surface area contributed by atoms with Gasteiger partial charge in [0.05, 0.1) is 6.54 Å². The Balaban J connectivity index is 1.98. The molecule has 5 heteroatoms. The lowest BCUT2D eigenvalue weighted by Gasteiger charge is -2.09. The van der Waals surface area contributed by atoms with Crippen molar-refractivity contribution in [2.45, 2.75) is 6.54 Å². The monoisotopic (exact) mass is 335 g/mol. The second kappa shape index (κ2) is 5.70. The van der Waals surface area contributed by atoms with Crippen LogP contribution >= 0.6 is 0 Å². The second-order valence-electron chi connectivity index (χ2n) is 5.96. The molecule has 0 unspecified atom stereocenters. The number of hydrogen-bond acceptors (Lipinski definition) is 1. The Kier molecular flexibility index (Phi) is 3.50. The average molecular weight is 335 g/mol. The summed E-state index contributed by atoms with van der Waals surface area (Å²) in [7, 11) is 0. The molecule has 1 heterocycles. The quantitative estimate of drug-likeness (QED) is 0.423. The van der Waals surface area contributed by atoms with E-state index in [1.165, 1.54) is 6.07 Å². The fourth-order valence-electron chi connectivity index (χ4n) is 3.23. The molecule has 0 aliphatic rings. The third kappa shape index (κ3) is 2.45. The van der Waals surface area contributed by atoms with E-state index in [1.807, 2.05) is 41.0 Å². The number of amidine groups is 1. The van der Waals surface area contributed by atoms with Crippen LogP contribution < -0.4 is 5.73 Å². The van der Waals surface area contributed by atoms with Crippen LogP contribution in [0.4, 0.5) is 8.78 Å². The number of fused-ring (bicyclic) bond motifs is 3. The minimum atomic E-state index is -0.850. The van der Waals surface area contributed by atoms with E-state index in [-0.39, 0.29) is 12.4 Å². The fraction of sp³-hybridized carbons (Fsp3) is 0.0500. The molecule has 4 rings (SSSR count). The molecule has 0 spiro atoms. The Hall–Kier alpha value is -3.21. The first kappa shape index (κ1) is 15.3. The summed E-state index contributed by atoms with van der Waals surface area (Å²) in [5.74, 6) is -1.68. The smallest absolute Gasteiger partial charge is 0.163 e. The van der Waals surface area contributed by atoms with Crippen molar-refractivity contribution in [3.05, 3.63) is 83.4 Å². The number of halogens is 2. The van der Waals surface area contributed by atoms with Gasteiger partial charge in [0.15, 0.2) is 11.6 Å². The lowest BCUT2D eigenvalue weighted by molar-refractivity contribution is 0.496. The molecule has 0 bridgehead atoms. The summed E-state index contributed by atoms with van der Waals surface area (Å²) < 4.78 is 29.6. The van der Waals surface area contributed by atoms with E-state index in [1.54, 1.807) is 12.1 Å². The molecular weight excluding hydrogens is 320 g/mol. The summed E-state index contributed by atoms with van der Waals surface area (Å²) in [6.45, 7) is 0.215. The first-order chi connectivity index (χ1) is 12.1. The highest BCUT2D eigenvalue weighted by molar-refractivity contribution is 6.10. The van der Waals surface area contributed by atoms with Crippen molar-refractivity contribution in [3.8, 4) is 0 Å². The van der Waals surface area contributed by atoms with E-state index in [0.717, 1.165) is 27.9 Å². The maximum Gasteiger partial charge on any atom is 0.163 e. The number of nitrogens with two attached hydrogens (primary N) is 1. The summed E-state index contributed by atoms with van der Waals surface area (Å²) in [6.07, 6.45) is 0. The minimum Gasteiger partial charge on any atom is -0.384 e. The predicted octanol–water partition coefficient (Wildman–Crippen LogP) is 4.41. The maximum absolute atomic E-state index is 14.1. The number of para-hydroxylation sites is 1. The lowest BCUT2D eigenvalue weighted by atomic mass is 10.1. The summed E-state index contributed by atoms with van der Waals surface area (Å²) in [4.78, 5) is 0. The van der Waals surface area contributed by atoms with Crippen molar-refractivity contribution in [2.75, 3.05) is 0 Å². The molecule has 0 aliphatic heterocycles. The van der Waals surface area contributed by atoms with E-state index < -0.39 is 11.6 Å². The Labute approximate surface area is 142 Å². The van der Waals surface area contributed by atoms with Crippen LogP contribution in [-0.4, -0.2) is 10.4 Å². The highest BCUT2D eigenvalue weighted by atomic mass is 19.2.